The van der Waals surface area contributed by atoms with Crippen LogP contribution in [0.2, 0.25) is 0 Å². The van der Waals surface area contributed by atoms with E-state index in [1.807, 2.05) is 0 Å². The highest BCUT2D eigenvalue weighted by Gasteiger charge is 2.26. The molecule has 70 valence electrons. The van der Waals surface area contributed by atoms with Crippen LogP contribution in [0.25, 0.3) is 0 Å². The quantitative estimate of drug-likeness (QED) is 0.493. The molecule has 0 N–H and O–H groups in total. The van der Waals surface area contributed by atoms with E-state index in [4.69, 9.17) is 10.6 Å². The summed E-state index contributed by atoms with van der Waals surface area (Å²) in [5.41, 5.74) is -0.991. The lowest BCUT2D eigenvalue weighted by atomic mass is 10.1. The van der Waals surface area contributed by atoms with Crippen molar-refractivity contribution in [3.05, 3.63) is 0 Å². The Labute approximate surface area is 74.2 Å². The van der Waals surface area contributed by atoms with Gasteiger partial charge in [0.1, 0.15) is 5.60 Å². The van der Waals surface area contributed by atoms with Crippen LogP contribution >= 0.6 is 0 Å². The molecule has 12 heavy (non-hydrogen) atoms. The number of terminal acetylenes is 1. The van der Waals surface area contributed by atoms with Gasteiger partial charge in [0.2, 0.25) is 0 Å². The van der Waals surface area contributed by atoms with Gasteiger partial charge in [0, 0.05) is 0 Å². The molecule has 0 heterocycles. The van der Waals surface area contributed by atoms with Gasteiger partial charge in [-0.1, -0.05) is 12.8 Å². The average Bonchev–Trinajstić information content (AvgIpc) is 2.04. The molecule has 1 unspecified atom stereocenters. The van der Waals surface area contributed by atoms with E-state index >= 15 is 0 Å². The lowest BCUT2D eigenvalue weighted by molar-refractivity contribution is 0.155. The minimum absolute atomic E-state index is 0.0513. The van der Waals surface area contributed by atoms with Crippen LogP contribution < -0.4 is 0 Å². The van der Waals surface area contributed by atoms with E-state index in [-0.39, 0.29) is 5.75 Å². The van der Waals surface area contributed by atoms with Gasteiger partial charge in [-0.05, 0) is 20.3 Å². The van der Waals surface area contributed by atoms with Gasteiger partial charge < -0.3 is 0 Å². The highest BCUT2D eigenvalue weighted by atomic mass is 32.2. The van der Waals surface area contributed by atoms with Crippen LogP contribution in [0.4, 0.5) is 0 Å². The maximum absolute atomic E-state index is 11.0. The molecule has 0 aromatic carbocycles. The van der Waals surface area contributed by atoms with Crippen LogP contribution in [0.1, 0.15) is 27.2 Å². The van der Waals surface area contributed by atoms with Crippen molar-refractivity contribution < 1.29 is 12.6 Å². The molecule has 0 bridgehead atoms. The Kier molecular flexibility index (Phi) is 3.75. The number of rotatable bonds is 4. The third-order valence-corrected chi connectivity index (χ3v) is 2.97. The zero-order chi connectivity index (χ0) is 9.83. The molecule has 0 aliphatic heterocycles. The van der Waals surface area contributed by atoms with E-state index in [2.05, 4.69) is 5.92 Å². The molecule has 4 heteroatoms. The van der Waals surface area contributed by atoms with Crippen LogP contribution in [-0.4, -0.2) is 19.8 Å². The largest absolute Gasteiger partial charge is 0.268 e. The van der Waals surface area contributed by atoms with Crippen LogP contribution in [0.3, 0.4) is 0 Å². The topological polar surface area (TPSA) is 43.4 Å². The Balaban J connectivity index is 4.56. The molecule has 0 rings (SSSR count). The second kappa shape index (κ2) is 3.92. The predicted molar refractivity (Wildman–Crippen MR) is 48.1 cm³/mol. The Morgan fingerprint density at radius 2 is 2.00 bits per heavy atom. The molecular weight excluding hydrogens is 176 g/mol. The van der Waals surface area contributed by atoms with Crippen LogP contribution in [-0.2, 0) is 14.3 Å². The fraction of sp³-hybridized carbons (Fsp3) is 0.750. The molecule has 0 saturated heterocycles. The van der Waals surface area contributed by atoms with Gasteiger partial charge >= 0.3 is 0 Å². The van der Waals surface area contributed by atoms with E-state index in [9.17, 15) is 8.42 Å². The smallest absolute Gasteiger partial charge is 0.251 e. The van der Waals surface area contributed by atoms with Crippen molar-refractivity contribution in [2.45, 2.75) is 32.8 Å². The van der Waals surface area contributed by atoms with Crippen molar-refractivity contribution in [3.63, 3.8) is 0 Å². The SMILES string of the molecule is C#CC(C)(CC)OS(=O)(=O)CC. The van der Waals surface area contributed by atoms with Gasteiger partial charge in [0.25, 0.3) is 10.1 Å². The molecule has 0 radical (unpaired) electrons. The maximum Gasteiger partial charge on any atom is 0.268 e. The van der Waals surface area contributed by atoms with Gasteiger partial charge in [-0.2, -0.15) is 8.42 Å². The summed E-state index contributed by atoms with van der Waals surface area (Å²) in [4.78, 5) is 0. The molecular formula is C8H14O3S. The molecule has 0 aliphatic rings. The van der Waals surface area contributed by atoms with E-state index < -0.39 is 15.7 Å². The minimum Gasteiger partial charge on any atom is -0.251 e. The van der Waals surface area contributed by atoms with Crippen LogP contribution in [0.5, 0.6) is 0 Å². The maximum atomic E-state index is 11.0. The van der Waals surface area contributed by atoms with Crippen molar-refractivity contribution in [3.8, 4) is 12.3 Å². The molecule has 0 aliphatic carbocycles. The number of hydrogen-bond acceptors (Lipinski definition) is 3. The van der Waals surface area contributed by atoms with Gasteiger partial charge in [0.15, 0.2) is 0 Å². The Morgan fingerprint density at radius 3 is 2.25 bits per heavy atom. The van der Waals surface area contributed by atoms with E-state index in [0.717, 1.165) is 0 Å². The third-order valence-electron chi connectivity index (χ3n) is 1.64. The summed E-state index contributed by atoms with van der Waals surface area (Å²) in [5.74, 6) is 2.27. The lowest BCUT2D eigenvalue weighted by Gasteiger charge is -2.20. The van der Waals surface area contributed by atoms with Gasteiger partial charge in [-0.25, -0.2) is 0 Å². The zero-order valence-corrected chi connectivity index (χ0v) is 8.44. The summed E-state index contributed by atoms with van der Waals surface area (Å²) in [6.45, 7) is 4.88. The van der Waals surface area contributed by atoms with Gasteiger partial charge in [-0.3, -0.25) is 4.18 Å². The van der Waals surface area contributed by atoms with Crippen molar-refractivity contribution in [1.29, 1.82) is 0 Å². The first kappa shape index (κ1) is 11.5. The summed E-state index contributed by atoms with van der Waals surface area (Å²) < 4.78 is 26.8. The Bertz CT molecular complexity index is 273. The van der Waals surface area contributed by atoms with Crippen molar-refractivity contribution in [2.75, 3.05) is 5.75 Å². The Hall–Kier alpha value is -0.530. The summed E-state index contributed by atoms with van der Waals surface area (Å²) in [6.07, 6.45) is 5.61. The summed E-state index contributed by atoms with van der Waals surface area (Å²) in [6, 6.07) is 0. The number of hydrogen-bond donors (Lipinski definition) is 0. The molecule has 0 aromatic rings. The highest BCUT2D eigenvalue weighted by molar-refractivity contribution is 7.86. The molecule has 0 amide bonds. The Morgan fingerprint density at radius 1 is 1.50 bits per heavy atom. The summed E-state index contributed by atoms with van der Waals surface area (Å²) in [5, 5.41) is 0. The van der Waals surface area contributed by atoms with Crippen molar-refractivity contribution in [2.24, 2.45) is 0 Å². The van der Waals surface area contributed by atoms with E-state index in [1.54, 1.807) is 13.8 Å². The van der Waals surface area contributed by atoms with Crippen molar-refractivity contribution in [1.82, 2.24) is 0 Å². The monoisotopic (exact) mass is 190 g/mol. The minimum atomic E-state index is -3.44. The van der Waals surface area contributed by atoms with E-state index in [0.29, 0.717) is 6.42 Å². The molecule has 0 saturated carbocycles. The van der Waals surface area contributed by atoms with Gasteiger partial charge in [-0.15, -0.1) is 6.42 Å². The zero-order valence-electron chi connectivity index (χ0n) is 7.62. The standard InChI is InChI=1S/C8H14O3S/c1-5-8(4,6-2)11-12(9,10)7-3/h1H,6-7H2,2-4H3. The first-order valence-corrected chi connectivity index (χ1v) is 5.38. The summed E-state index contributed by atoms with van der Waals surface area (Å²) in [7, 11) is -3.44. The molecule has 1 atom stereocenters. The van der Waals surface area contributed by atoms with Crippen LogP contribution in [0.15, 0.2) is 0 Å². The molecule has 0 spiro atoms. The van der Waals surface area contributed by atoms with Crippen LogP contribution in [0, 0.1) is 12.3 Å². The van der Waals surface area contributed by atoms with Crippen molar-refractivity contribution >= 4 is 10.1 Å². The second-order valence-corrected chi connectivity index (χ2v) is 4.52. The molecule has 0 aromatic heterocycles. The van der Waals surface area contributed by atoms with Gasteiger partial charge in [0.05, 0.1) is 5.75 Å². The molecule has 3 nitrogen and oxygen atoms in total. The lowest BCUT2D eigenvalue weighted by Crippen LogP contribution is -2.29. The van der Waals surface area contributed by atoms with E-state index in [1.165, 1.54) is 6.92 Å². The predicted octanol–water partition coefficient (Wildman–Crippen LogP) is 1.15. The second-order valence-electron chi connectivity index (χ2n) is 2.66. The third kappa shape index (κ3) is 3.24. The summed E-state index contributed by atoms with van der Waals surface area (Å²) >= 11 is 0. The molecule has 0 fully saturated rings. The first-order chi connectivity index (χ1) is 5.39. The fourth-order valence-electron chi connectivity index (χ4n) is 0.524. The fourth-order valence-corrected chi connectivity index (χ4v) is 1.37. The normalized spacial score (nSPS) is 16.5. The highest BCUT2D eigenvalue weighted by Crippen LogP contribution is 2.16. The average molecular weight is 190 g/mol. The first-order valence-electron chi connectivity index (χ1n) is 3.80.